The predicted molar refractivity (Wildman–Crippen MR) is 72.7 cm³/mol. The van der Waals surface area contributed by atoms with Crippen LogP contribution in [0.4, 0.5) is 0 Å². The van der Waals surface area contributed by atoms with Crippen LogP contribution in [-0.4, -0.2) is 4.57 Å². The summed E-state index contributed by atoms with van der Waals surface area (Å²) in [7, 11) is 0. The summed E-state index contributed by atoms with van der Waals surface area (Å²) in [6, 6.07) is 19.4. The molecule has 0 aliphatic rings. The van der Waals surface area contributed by atoms with Crippen molar-refractivity contribution in [3.8, 4) is 5.69 Å². The molecule has 1 heteroatoms. The standard InChI is InChI=1S/C16H15N/c1-12-7-8-13(2)17(12)16-10-9-14-5-3-4-6-15(14)11-16/h3-11H,1-2H3. The third-order valence-corrected chi connectivity index (χ3v) is 3.26. The van der Waals surface area contributed by atoms with Crippen molar-refractivity contribution >= 4 is 10.8 Å². The van der Waals surface area contributed by atoms with Crippen LogP contribution in [0.2, 0.25) is 0 Å². The topological polar surface area (TPSA) is 4.93 Å². The number of hydrogen-bond acceptors (Lipinski definition) is 0. The van der Waals surface area contributed by atoms with Crippen molar-refractivity contribution in [3.05, 3.63) is 66.0 Å². The van der Waals surface area contributed by atoms with Gasteiger partial charge in [-0.1, -0.05) is 30.3 Å². The number of aryl methyl sites for hydroxylation is 2. The molecule has 0 atom stereocenters. The minimum Gasteiger partial charge on any atom is -0.319 e. The molecule has 0 radical (unpaired) electrons. The van der Waals surface area contributed by atoms with Gasteiger partial charge in [-0.15, -0.1) is 0 Å². The second kappa shape index (κ2) is 3.77. The highest BCUT2D eigenvalue weighted by atomic mass is 15.0. The maximum atomic E-state index is 2.28. The van der Waals surface area contributed by atoms with Gasteiger partial charge < -0.3 is 4.57 Å². The molecule has 0 fully saturated rings. The van der Waals surface area contributed by atoms with Gasteiger partial charge in [0.05, 0.1) is 0 Å². The highest BCUT2D eigenvalue weighted by molar-refractivity contribution is 5.84. The van der Waals surface area contributed by atoms with E-state index in [4.69, 9.17) is 0 Å². The van der Waals surface area contributed by atoms with Crippen molar-refractivity contribution in [1.29, 1.82) is 0 Å². The first kappa shape index (κ1) is 10.2. The Kier molecular flexibility index (Phi) is 2.25. The largest absolute Gasteiger partial charge is 0.319 e. The molecule has 0 aliphatic heterocycles. The summed E-state index contributed by atoms with van der Waals surface area (Å²) in [5.74, 6) is 0. The maximum Gasteiger partial charge on any atom is 0.0461 e. The van der Waals surface area contributed by atoms with Crippen molar-refractivity contribution < 1.29 is 0 Å². The van der Waals surface area contributed by atoms with E-state index >= 15 is 0 Å². The van der Waals surface area contributed by atoms with Gasteiger partial charge in [0.1, 0.15) is 0 Å². The van der Waals surface area contributed by atoms with E-state index in [1.807, 2.05) is 0 Å². The number of hydrogen-bond donors (Lipinski definition) is 0. The monoisotopic (exact) mass is 221 g/mol. The Hall–Kier alpha value is -2.02. The Bertz CT molecular complexity index is 657. The Morgan fingerprint density at radius 1 is 0.706 bits per heavy atom. The average molecular weight is 221 g/mol. The van der Waals surface area contributed by atoms with E-state index < -0.39 is 0 Å². The second-order valence-corrected chi connectivity index (χ2v) is 4.48. The van der Waals surface area contributed by atoms with Crippen LogP contribution in [-0.2, 0) is 0 Å². The molecular weight excluding hydrogens is 206 g/mol. The number of benzene rings is 2. The average Bonchev–Trinajstić information content (AvgIpc) is 2.68. The van der Waals surface area contributed by atoms with Gasteiger partial charge in [-0.2, -0.15) is 0 Å². The Balaban J connectivity index is 2.25. The summed E-state index contributed by atoms with van der Waals surface area (Å²) >= 11 is 0. The molecule has 1 heterocycles. The normalized spacial score (nSPS) is 10.9. The molecule has 1 nitrogen and oxygen atoms in total. The molecular formula is C16H15N. The van der Waals surface area contributed by atoms with E-state index in [0.29, 0.717) is 0 Å². The molecule has 84 valence electrons. The van der Waals surface area contributed by atoms with Crippen molar-refractivity contribution in [2.45, 2.75) is 13.8 Å². The van der Waals surface area contributed by atoms with E-state index in [1.165, 1.54) is 27.8 Å². The molecule has 0 N–H and O–H groups in total. The van der Waals surface area contributed by atoms with Crippen LogP contribution in [0.15, 0.2) is 54.6 Å². The van der Waals surface area contributed by atoms with Gasteiger partial charge in [0.2, 0.25) is 0 Å². The molecule has 2 aromatic carbocycles. The van der Waals surface area contributed by atoms with Crippen molar-refractivity contribution in [2.75, 3.05) is 0 Å². The van der Waals surface area contributed by atoms with E-state index in [1.54, 1.807) is 0 Å². The van der Waals surface area contributed by atoms with Crippen LogP contribution in [0.3, 0.4) is 0 Å². The number of nitrogens with zero attached hydrogens (tertiary/aromatic N) is 1. The lowest BCUT2D eigenvalue weighted by molar-refractivity contribution is 0.968. The molecule has 17 heavy (non-hydrogen) atoms. The zero-order valence-corrected chi connectivity index (χ0v) is 10.1. The van der Waals surface area contributed by atoms with Crippen molar-refractivity contribution in [2.24, 2.45) is 0 Å². The molecule has 1 aromatic heterocycles. The smallest absolute Gasteiger partial charge is 0.0461 e. The first-order valence-corrected chi connectivity index (χ1v) is 5.90. The molecule has 0 unspecified atom stereocenters. The van der Waals surface area contributed by atoms with Gasteiger partial charge in [0, 0.05) is 17.1 Å². The van der Waals surface area contributed by atoms with Gasteiger partial charge >= 0.3 is 0 Å². The van der Waals surface area contributed by atoms with Gasteiger partial charge in [-0.05, 0) is 48.9 Å². The fourth-order valence-corrected chi connectivity index (χ4v) is 2.39. The zero-order chi connectivity index (χ0) is 11.8. The molecule has 3 aromatic rings. The molecule has 3 rings (SSSR count). The number of rotatable bonds is 1. The third kappa shape index (κ3) is 1.64. The first-order chi connectivity index (χ1) is 8.25. The number of aromatic nitrogens is 1. The van der Waals surface area contributed by atoms with E-state index in [-0.39, 0.29) is 0 Å². The third-order valence-electron chi connectivity index (χ3n) is 3.26. The molecule has 0 aliphatic carbocycles. The molecule has 0 spiro atoms. The lowest BCUT2D eigenvalue weighted by atomic mass is 10.1. The fraction of sp³-hybridized carbons (Fsp3) is 0.125. The summed E-state index contributed by atoms with van der Waals surface area (Å²) in [4.78, 5) is 0. The van der Waals surface area contributed by atoms with Gasteiger partial charge in [0.25, 0.3) is 0 Å². The minimum absolute atomic E-state index is 1.24. The van der Waals surface area contributed by atoms with Crippen LogP contribution in [0.1, 0.15) is 11.4 Å². The quantitative estimate of drug-likeness (QED) is 0.579. The van der Waals surface area contributed by atoms with Crippen LogP contribution in [0.5, 0.6) is 0 Å². The van der Waals surface area contributed by atoms with E-state index in [2.05, 4.69) is 73.0 Å². The zero-order valence-electron chi connectivity index (χ0n) is 10.1. The van der Waals surface area contributed by atoms with Crippen LogP contribution >= 0.6 is 0 Å². The summed E-state index contributed by atoms with van der Waals surface area (Å²) in [6.45, 7) is 4.28. The Morgan fingerprint density at radius 3 is 2.06 bits per heavy atom. The molecule has 0 amide bonds. The van der Waals surface area contributed by atoms with Crippen molar-refractivity contribution in [1.82, 2.24) is 4.57 Å². The van der Waals surface area contributed by atoms with Crippen LogP contribution < -0.4 is 0 Å². The fourth-order valence-electron chi connectivity index (χ4n) is 2.39. The van der Waals surface area contributed by atoms with Crippen molar-refractivity contribution in [3.63, 3.8) is 0 Å². The van der Waals surface area contributed by atoms with Gasteiger partial charge in [-0.3, -0.25) is 0 Å². The summed E-state index contributed by atoms with van der Waals surface area (Å²) in [6.07, 6.45) is 0. The predicted octanol–water partition coefficient (Wildman–Crippen LogP) is 4.25. The SMILES string of the molecule is Cc1ccc(C)n1-c1ccc2ccccc2c1. The maximum absolute atomic E-state index is 2.28. The first-order valence-electron chi connectivity index (χ1n) is 5.90. The molecule has 0 saturated heterocycles. The summed E-state index contributed by atoms with van der Waals surface area (Å²) < 4.78 is 2.28. The van der Waals surface area contributed by atoms with Gasteiger partial charge in [-0.25, -0.2) is 0 Å². The lowest BCUT2D eigenvalue weighted by Crippen LogP contribution is -1.98. The van der Waals surface area contributed by atoms with E-state index in [0.717, 1.165) is 0 Å². The van der Waals surface area contributed by atoms with Gasteiger partial charge in [0.15, 0.2) is 0 Å². The highest BCUT2D eigenvalue weighted by Crippen LogP contribution is 2.21. The lowest BCUT2D eigenvalue weighted by Gasteiger charge is -2.10. The van der Waals surface area contributed by atoms with Crippen LogP contribution in [0, 0.1) is 13.8 Å². The minimum atomic E-state index is 1.24. The Labute approximate surface area is 101 Å². The second-order valence-electron chi connectivity index (χ2n) is 4.48. The summed E-state index contributed by atoms with van der Waals surface area (Å²) in [5, 5.41) is 2.58. The van der Waals surface area contributed by atoms with Crippen LogP contribution in [0.25, 0.3) is 16.5 Å². The highest BCUT2D eigenvalue weighted by Gasteiger charge is 2.04. The molecule has 0 saturated carbocycles. The Morgan fingerprint density at radius 2 is 1.35 bits per heavy atom. The number of fused-ring (bicyclic) bond motifs is 1. The summed E-state index contributed by atoms with van der Waals surface area (Å²) in [5.41, 5.74) is 3.79. The molecule has 0 bridgehead atoms. The van der Waals surface area contributed by atoms with E-state index in [9.17, 15) is 0 Å².